The van der Waals surface area contributed by atoms with E-state index in [-0.39, 0.29) is 0 Å². The molecule has 33 heavy (non-hydrogen) atoms. The van der Waals surface area contributed by atoms with Gasteiger partial charge in [0.05, 0.1) is 7.59 Å². The van der Waals surface area contributed by atoms with Crippen LogP contribution in [0, 0.1) is 0 Å². The lowest BCUT2D eigenvalue weighted by molar-refractivity contribution is 0.326. The molecular formula is C12H48N2O9Si10. The monoisotopic (exact) mass is 644 g/mol. The van der Waals surface area contributed by atoms with Gasteiger partial charge in [0.25, 0.3) is 26.9 Å². The van der Waals surface area contributed by atoms with E-state index in [1.165, 1.54) is 0 Å². The molecule has 0 heterocycles. The molecule has 0 aliphatic rings. The van der Waals surface area contributed by atoms with Gasteiger partial charge < -0.3 is 51.9 Å². The summed E-state index contributed by atoms with van der Waals surface area (Å²) in [7, 11) is -22.2. The quantitative estimate of drug-likeness (QED) is 0.0666. The van der Waals surface area contributed by atoms with Gasteiger partial charge in [-0.2, -0.15) is 0 Å². The van der Waals surface area contributed by atoms with E-state index in [9.17, 15) is 24.0 Å². The predicted octanol–water partition coefficient (Wildman–Crippen LogP) is -5.17. The fraction of sp³-hybridized carbons (Fsp3) is 1.00. The van der Waals surface area contributed by atoms with Gasteiger partial charge in [-0.3, -0.25) is 0 Å². The fourth-order valence-electron chi connectivity index (χ4n) is 4.16. The third-order valence-electron chi connectivity index (χ3n) is 5.79. The molecule has 0 saturated carbocycles. The van der Waals surface area contributed by atoms with Crippen molar-refractivity contribution >= 4 is 85.6 Å². The van der Waals surface area contributed by atoms with Crippen LogP contribution in [0.15, 0.2) is 0 Å². The molecule has 21 heteroatoms. The summed E-state index contributed by atoms with van der Waals surface area (Å²) < 4.78 is 25.5. The van der Waals surface area contributed by atoms with Crippen LogP contribution < -0.4 is 11.5 Å². The molecule has 0 amide bonds. The minimum atomic E-state index is -3.78. The summed E-state index contributed by atoms with van der Waals surface area (Å²) in [5.41, 5.74) is 11.4. The second-order valence-corrected chi connectivity index (χ2v) is 65.1. The van der Waals surface area contributed by atoms with E-state index in [1.807, 2.05) is 13.1 Å². The average molecular weight is 645 g/mol. The molecule has 0 bridgehead atoms. The molecule has 11 nitrogen and oxygen atoms in total. The van der Waals surface area contributed by atoms with Crippen LogP contribution in [0.5, 0.6) is 0 Å². The van der Waals surface area contributed by atoms with Crippen LogP contribution in [-0.2, 0) is 16.5 Å². The fourth-order valence-corrected chi connectivity index (χ4v) is 130. The molecule has 0 fully saturated rings. The number of hydrogen-bond donors (Lipinski definition) is 7. The maximum atomic E-state index is 12.0. The first kappa shape index (κ1) is 34.7. The number of hydrogen-bond acceptors (Lipinski definition) is 11. The Labute approximate surface area is 214 Å². The van der Waals surface area contributed by atoms with Gasteiger partial charge in [-0.1, -0.05) is 19.1 Å². The van der Waals surface area contributed by atoms with Gasteiger partial charge >= 0.3 is 16.2 Å². The zero-order valence-electron chi connectivity index (χ0n) is 21.2. The first-order valence-corrected chi connectivity index (χ1v) is 37.7. The molecule has 0 aliphatic heterocycles. The smallest absolute Gasteiger partial charge is 0.333 e. The average Bonchev–Trinajstić information content (AvgIpc) is 2.72. The second kappa shape index (κ2) is 15.2. The van der Waals surface area contributed by atoms with Gasteiger partial charge in [0.1, 0.15) is 0 Å². The standard InChI is InChI=1S/C12H48N2O9Si10/c1-29(2,11-7-9-13)22-31(5,6)23-32(20-24-15,33(26-17,27-18)21-25-16)28(19)30(3,4)12-8-10-14/h15-19,28H,7-14,24-27H2,1-6H3. The minimum Gasteiger partial charge on any atom is -0.440 e. The Bertz CT molecular complexity index is 564. The van der Waals surface area contributed by atoms with Crippen molar-refractivity contribution in [3.63, 3.8) is 0 Å². The Hall–Kier alpha value is 1.73. The molecule has 0 aromatic rings. The molecule has 2 unspecified atom stereocenters. The molecule has 9 N–H and O–H groups in total. The van der Waals surface area contributed by atoms with Gasteiger partial charge in [-0.05, 0) is 58.2 Å². The first-order valence-electron chi connectivity index (χ1n) is 11.4. The van der Waals surface area contributed by atoms with E-state index in [1.54, 1.807) is 0 Å². The van der Waals surface area contributed by atoms with Crippen LogP contribution in [0.25, 0.3) is 0 Å². The Morgan fingerprint density at radius 2 is 1.24 bits per heavy atom. The summed E-state index contributed by atoms with van der Waals surface area (Å²) >= 11 is 0. The van der Waals surface area contributed by atoms with Crippen molar-refractivity contribution in [2.24, 2.45) is 11.5 Å². The first-order chi connectivity index (χ1) is 15.2. The van der Waals surface area contributed by atoms with Crippen molar-refractivity contribution in [3.05, 3.63) is 0 Å². The van der Waals surface area contributed by atoms with Gasteiger partial charge in [-0.15, -0.1) is 0 Å². The SMILES string of the molecule is C[Si](C)(CCCN)O[Si](C)(C)O[Si](O[SiH2]O)([SiH](O)[Si](C)(C)CCCN)[Si](O[SiH2]O)([SiH2]O)[SiH2]O. The van der Waals surface area contributed by atoms with Crippen LogP contribution in [0.2, 0.25) is 51.4 Å². The summed E-state index contributed by atoms with van der Waals surface area (Å²) in [6, 6.07) is 1.61. The largest absolute Gasteiger partial charge is 0.440 e. The van der Waals surface area contributed by atoms with Crippen LogP contribution in [-0.4, -0.2) is 123 Å². The van der Waals surface area contributed by atoms with Gasteiger partial charge in [0.15, 0.2) is 26.9 Å². The van der Waals surface area contributed by atoms with Crippen LogP contribution in [0.1, 0.15) is 12.8 Å². The molecule has 0 saturated heterocycles. The van der Waals surface area contributed by atoms with E-state index in [0.717, 1.165) is 24.9 Å². The highest BCUT2D eigenvalue weighted by molar-refractivity contribution is 7.88. The van der Waals surface area contributed by atoms with E-state index < -0.39 is 85.6 Å². The zero-order valence-corrected chi connectivity index (χ0v) is 33.0. The normalized spacial score (nSPS) is 19.5. The maximum absolute atomic E-state index is 12.0. The molecule has 0 aromatic heterocycles. The second-order valence-electron chi connectivity index (χ2n) is 10.1. The molecule has 0 radical (unpaired) electrons. The Balaban J connectivity index is 6.64. The van der Waals surface area contributed by atoms with Crippen molar-refractivity contribution in [3.8, 4) is 0 Å². The van der Waals surface area contributed by atoms with E-state index in [0.29, 0.717) is 13.1 Å². The molecule has 0 spiro atoms. The van der Waals surface area contributed by atoms with E-state index >= 15 is 0 Å². The lowest BCUT2D eigenvalue weighted by atomic mass is 10.5. The Kier molecular flexibility index (Phi) is 16.0. The van der Waals surface area contributed by atoms with Crippen LogP contribution >= 0.6 is 0 Å². The van der Waals surface area contributed by atoms with Crippen LogP contribution in [0.4, 0.5) is 0 Å². The summed E-state index contributed by atoms with van der Waals surface area (Å²) in [6.45, 7) is 9.77. The summed E-state index contributed by atoms with van der Waals surface area (Å²) in [6.07, 6.45) is 1.59. The van der Waals surface area contributed by atoms with Crippen molar-refractivity contribution in [1.82, 2.24) is 0 Å². The lowest BCUT2D eigenvalue weighted by Gasteiger charge is -2.51. The molecule has 0 rings (SSSR count). The van der Waals surface area contributed by atoms with Gasteiger partial charge in [0, 0.05) is 0 Å². The predicted molar refractivity (Wildman–Crippen MR) is 158 cm³/mol. The Morgan fingerprint density at radius 3 is 1.67 bits per heavy atom. The van der Waals surface area contributed by atoms with Crippen molar-refractivity contribution < 1.29 is 40.4 Å². The van der Waals surface area contributed by atoms with E-state index in [4.69, 9.17) is 27.9 Å². The van der Waals surface area contributed by atoms with Gasteiger partial charge in [0.2, 0.25) is 8.08 Å². The number of nitrogens with two attached hydrogens (primary N) is 2. The molecule has 2 atom stereocenters. The summed E-state index contributed by atoms with van der Waals surface area (Å²) in [5, 5.41) is 0. The minimum absolute atomic E-state index is 0.499. The maximum Gasteiger partial charge on any atom is 0.333 e. The lowest BCUT2D eigenvalue weighted by Crippen LogP contribution is -2.88. The van der Waals surface area contributed by atoms with E-state index in [2.05, 4.69) is 26.2 Å². The molecule has 0 aromatic carbocycles. The molecule has 200 valence electrons. The number of rotatable bonds is 19. The van der Waals surface area contributed by atoms with Crippen molar-refractivity contribution in [1.29, 1.82) is 0 Å². The highest BCUT2D eigenvalue weighted by Crippen LogP contribution is 2.33. The third-order valence-corrected chi connectivity index (χ3v) is 93.2. The van der Waals surface area contributed by atoms with Gasteiger partial charge in [-0.25, -0.2) is 0 Å². The zero-order chi connectivity index (χ0) is 26.0. The molecular weight excluding hydrogens is 597 g/mol. The highest BCUT2D eigenvalue weighted by atomic mass is 30.1. The summed E-state index contributed by atoms with van der Waals surface area (Å²) in [4.78, 5) is 53.3. The van der Waals surface area contributed by atoms with Crippen molar-refractivity contribution in [2.45, 2.75) is 64.2 Å². The topological polar surface area (TPSA) is 190 Å². The highest BCUT2D eigenvalue weighted by Gasteiger charge is 2.70. The molecule has 0 aliphatic carbocycles. The third kappa shape index (κ3) is 9.84. The van der Waals surface area contributed by atoms with Crippen molar-refractivity contribution in [2.75, 3.05) is 13.1 Å². The Morgan fingerprint density at radius 1 is 0.758 bits per heavy atom. The summed E-state index contributed by atoms with van der Waals surface area (Å²) in [5.74, 6) is 0. The van der Waals surface area contributed by atoms with Crippen LogP contribution in [0.3, 0.4) is 0 Å².